The molecule has 86 valence electrons. The zero-order chi connectivity index (χ0) is 11.8. The number of unbranched alkanes of at least 4 members (excludes halogenated alkanes) is 2. The van der Waals surface area contributed by atoms with Gasteiger partial charge in [0.15, 0.2) is 0 Å². The minimum Gasteiger partial charge on any atom is -0.0654 e. The van der Waals surface area contributed by atoms with Crippen molar-refractivity contribution in [2.24, 2.45) is 0 Å². The number of benzene rings is 2. The molecule has 0 N–H and O–H groups in total. The minimum absolute atomic E-state index is 1.32. The summed E-state index contributed by atoms with van der Waals surface area (Å²) >= 11 is 0. The molecule has 0 saturated heterocycles. The molecule has 0 nitrogen and oxygen atoms in total. The van der Waals surface area contributed by atoms with E-state index in [9.17, 15) is 0 Å². The maximum Gasteiger partial charge on any atom is -0.0181 e. The number of aryl methyl sites for hydroxylation is 1. The Morgan fingerprint density at radius 1 is 0.812 bits per heavy atom. The fourth-order valence-corrected chi connectivity index (χ4v) is 1.66. The molecule has 0 atom stereocenters. The summed E-state index contributed by atoms with van der Waals surface area (Å²) in [5.41, 5.74) is 1.32. The molecule has 0 amide bonds. The van der Waals surface area contributed by atoms with Gasteiger partial charge in [-0.3, -0.25) is 0 Å². The van der Waals surface area contributed by atoms with E-state index in [1.807, 2.05) is 0 Å². The maximum atomic E-state index is 2.21. The van der Waals surface area contributed by atoms with Gasteiger partial charge in [0.05, 0.1) is 0 Å². The maximum absolute atomic E-state index is 2.21. The third-order valence-electron chi connectivity index (χ3n) is 2.61. The van der Waals surface area contributed by atoms with E-state index in [0.29, 0.717) is 0 Å². The van der Waals surface area contributed by atoms with Crippen LogP contribution in [0.25, 0.3) is 10.8 Å². The normalized spacial score (nSPS) is 9.69. The molecule has 0 aromatic heterocycles. The molecule has 0 aliphatic carbocycles. The second-order valence-corrected chi connectivity index (χ2v) is 4.20. The molecule has 16 heavy (non-hydrogen) atoms. The summed E-state index contributed by atoms with van der Waals surface area (Å²) in [5.74, 6) is 0. The fraction of sp³-hybridized carbons (Fsp3) is 0.375. The van der Waals surface area contributed by atoms with Crippen molar-refractivity contribution in [3.05, 3.63) is 48.0 Å². The van der Waals surface area contributed by atoms with E-state index >= 15 is 0 Å². The lowest BCUT2D eigenvalue weighted by atomic mass is 10.1. The second-order valence-electron chi connectivity index (χ2n) is 4.20. The third-order valence-corrected chi connectivity index (χ3v) is 2.61. The van der Waals surface area contributed by atoms with Gasteiger partial charge in [-0.25, -0.2) is 0 Å². The predicted octanol–water partition coefficient (Wildman–Crippen LogP) is 5.34. The topological polar surface area (TPSA) is 0 Å². The molecule has 0 unspecified atom stereocenters. The van der Waals surface area contributed by atoms with Gasteiger partial charge in [0.1, 0.15) is 0 Å². The van der Waals surface area contributed by atoms with Gasteiger partial charge in [0.25, 0.3) is 0 Å². The molecule has 0 heterocycles. The molecule has 0 fully saturated rings. The largest absolute Gasteiger partial charge is 0.0654 e. The van der Waals surface area contributed by atoms with Crippen molar-refractivity contribution in [2.75, 3.05) is 0 Å². The summed E-state index contributed by atoms with van der Waals surface area (Å²) in [6, 6.07) is 14.9. The first-order chi connectivity index (χ1) is 7.77. The van der Waals surface area contributed by atoms with Crippen molar-refractivity contribution in [3.8, 4) is 0 Å². The van der Waals surface area contributed by atoms with Gasteiger partial charge in [-0.15, -0.1) is 0 Å². The molecule has 0 heteroatoms. The lowest BCUT2D eigenvalue weighted by Gasteiger charge is -1.96. The summed E-state index contributed by atoms with van der Waals surface area (Å²) in [6.45, 7) is 6.54. The third kappa shape index (κ3) is 4.06. The van der Waals surface area contributed by atoms with Crippen LogP contribution in [0.2, 0.25) is 0 Å². The monoisotopic (exact) mass is 214 g/mol. The zero-order valence-electron chi connectivity index (χ0n) is 10.7. The van der Waals surface area contributed by atoms with Crippen LogP contribution >= 0.6 is 0 Å². The predicted molar refractivity (Wildman–Crippen MR) is 73.9 cm³/mol. The van der Waals surface area contributed by atoms with E-state index in [-0.39, 0.29) is 0 Å². The number of hydrogen-bond acceptors (Lipinski definition) is 0. The second kappa shape index (κ2) is 7.05. The SMILES string of the molecule is CCCCC.Cc1ccc2ccccc2c1. The molecule has 2 rings (SSSR count). The van der Waals surface area contributed by atoms with E-state index < -0.39 is 0 Å². The standard InChI is InChI=1S/C11H10.C5H12/c1-9-6-7-10-4-2-3-5-11(10)8-9;1-3-5-4-2/h2-8H,1H3;3-5H2,1-2H3. The average Bonchev–Trinajstić information content (AvgIpc) is 2.31. The Kier molecular flexibility index (Phi) is 5.63. The summed E-state index contributed by atoms with van der Waals surface area (Å²) < 4.78 is 0. The molecule has 2 aromatic carbocycles. The molecule has 0 aliphatic heterocycles. The van der Waals surface area contributed by atoms with Crippen LogP contribution in [0.15, 0.2) is 42.5 Å². The van der Waals surface area contributed by atoms with Crippen molar-refractivity contribution in [3.63, 3.8) is 0 Å². The van der Waals surface area contributed by atoms with Crippen LogP contribution in [-0.2, 0) is 0 Å². The van der Waals surface area contributed by atoms with Gasteiger partial charge in [-0.2, -0.15) is 0 Å². The van der Waals surface area contributed by atoms with Gasteiger partial charge < -0.3 is 0 Å². The quantitative estimate of drug-likeness (QED) is 0.632. The summed E-state index contributed by atoms with van der Waals surface area (Å²) in [7, 11) is 0. The van der Waals surface area contributed by atoms with Crippen LogP contribution in [0.4, 0.5) is 0 Å². The van der Waals surface area contributed by atoms with E-state index in [0.717, 1.165) is 0 Å². The molecule has 0 spiro atoms. The molecule has 0 bridgehead atoms. The highest BCUT2D eigenvalue weighted by Crippen LogP contribution is 2.14. The molecular formula is C16H22. The van der Waals surface area contributed by atoms with Crippen molar-refractivity contribution in [1.29, 1.82) is 0 Å². The van der Waals surface area contributed by atoms with Gasteiger partial charge in [-0.05, 0) is 17.7 Å². The Bertz CT molecular complexity index is 413. The Balaban J connectivity index is 0.000000221. The Morgan fingerprint density at radius 2 is 1.44 bits per heavy atom. The summed E-state index contributed by atoms with van der Waals surface area (Å²) in [6.07, 6.45) is 4.08. The van der Waals surface area contributed by atoms with Crippen LogP contribution < -0.4 is 0 Å². The van der Waals surface area contributed by atoms with Crippen LogP contribution in [0, 0.1) is 6.92 Å². The number of rotatable bonds is 2. The molecular weight excluding hydrogens is 192 g/mol. The lowest BCUT2D eigenvalue weighted by Crippen LogP contribution is -1.73. The van der Waals surface area contributed by atoms with Crippen LogP contribution in [-0.4, -0.2) is 0 Å². The molecule has 0 saturated carbocycles. The highest BCUT2D eigenvalue weighted by atomic mass is 13.9. The average molecular weight is 214 g/mol. The number of fused-ring (bicyclic) bond motifs is 1. The van der Waals surface area contributed by atoms with Crippen LogP contribution in [0.3, 0.4) is 0 Å². The summed E-state index contributed by atoms with van der Waals surface area (Å²) in [4.78, 5) is 0. The first kappa shape index (κ1) is 12.8. The van der Waals surface area contributed by atoms with E-state index in [1.54, 1.807) is 0 Å². The smallest absolute Gasteiger partial charge is 0.0181 e. The zero-order valence-corrected chi connectivity index (χ0v) is 10.7. The summed E-state index contributed by atoms with van der Waals surface area (Å²) in [5, 5.41) is 2.64. The van der Waals surface area contributed by atoms with E-state index in [1.165, 1.54) is 35.6 Å². The fourth-order valence-electron chi connectivity index (χ4n) is 1.66. The van der Waals surface area contributed by atoms with Crippen molar-refractivity contribution in [2.45, 2.75) is 40.0 Å². The van der Waals surface area contributed by atoms with Crippen molar-refractivity contribution in [1.82, 2.24) is 0 Å². The first-order valence-electron chi connectivity index (χ1n) is 6.23. The Labute approximate surface area is 99.3 Å². The molecule has 0 radical (unpaired) electrons. The van der Waals surface area contributed by atoms with Crippen LogP contribution in [0.5, 0.6) is 0 Å². The van der Waals surface area contributed by atoms with Gasteiger partial charge in [0.2, 0.25) is 0 Å². The van der Waals surface area contributed by atoms with E-state index in [4.69, 9.17) is 0 Å². The van der Waals surface area contributed by atoms with Gasteiger partial charge in [-0.1, -0.05) is 81.1 Å². The van der Waals surface area contributed by atoms with E-state index in [2.05, 4.69) is 63.2 Å². The molecule has 0 aliphatic rings. The highest BCUT2D eigenvalue weighted by Gasteiger charge is 1.89. The van der Waals surface area contributed by atoms with Crippen molar-refractivity contribution < 1.29 is 0 Å². The highest BCUT2D eigenvalue weighted by molar-refractivity contribution is 5.82. The van der Waals surface area contributed by atoms with Crippen LogP contribution in [0.1, 0.15) is 38.7 Å². The first-order valence-corrected chi connectivity index (χ1v) is 6.23. The van der Waals surface area contributed by atoms with Crippen molar-refractivity contribution >= 4 is 10.8 Å². The van der Waals surface area contributed by atoms with Gasteiger partial charge >= 0.3 is 0 Å². The van der Waals surface area contributed by atoms with Gasteiger partial charge in [0, 0.05) is 0 Å². The Hall–Kier alpha value is -1.30. The minimum atomic E-state index is 1.32. The lowest BCUT2D eigenvalue weighted by molar-refractivity contribution is 0.772. The Morgan fingerprint density at radius 3 is 2.00 bits per heavy atom. The molecule has 2 aromatic rings. The number of hydrogen-bond donors (Lipinski definition) is 0.